The zero-order valence-electron chi connectivity index (χ0n) is 19.8. The molecular formula is C20H37N5O5. The molecule has 0 bridgehead atoms. The molecule has 0 aliphatic carbocycles. The summed E-state index contributed by atoms with van der Waals surface area (Å²) in [6.07, 6.45) is 0. The topological polar surface area (TPSA) is 119 Å². The van der Waals surface area contributed by atoms with Crippen molar-refractivity contribution in [2.75, 3.05) is 28.2 Å². The fraction of sp³-hybridized carbons (Fsp3) is 0.750. The summed E-state index contributed by atoms with van der Waals surface area (Å²) in [5.41, 5.74) is 0. The van der Waals surface area contributed by atoms with Crippen molar-refractivity contribution in [2.45, 2.75) is 71.8 Å². The molecule has 0 saturated carbocycles. The average Bonchev–Trinajstić information content (AvgIpc) is 2.68. The Labute approximate surface area is 179 Å². The van der Waals surface area contributed by atoms with Crippen LogP contribution in [-0.2, 0) is 24.0 Å². The summed E-state index contributed by atoms with van der Waals surface area (Å²) in [5, 5.41) is 5.21. The van der Waals surface area contributed by atoms with E-state index in [1.54, 1.807) is 39.8 Å². The lowest BCUT2D eigenvalue weighted by atomic mass is 10.1. The first-order chi connectivity index (χ1) is 13.6. The van der Waals surface area contributed by atoms with E-state index in [0.29, 0.717) is 0 Å². The molecule has 10 nitrogen and oxygen atoms in total. The number of carbonyl (C=O) groups is 5. The summed E-state index contributed by atoms with van der Waals surface area (Å²) >= 11 is 0. The van der Waals surface area contributed by atoms with Crippen molar-refractivity contribution in [3.63, 3.8) is 0 Å². The van der Waals surface area contributed by atoms with Gasteiger partial charge < -0.3 is 20.4 Å². The Balaban J connectivity index is 4.96. The number of carbonyl (C=O) groups excluding carboxylic acids is 5. The molecule has 4 amide bonds. The van der Waals surface area contributed by atoms with E-state index >= 15 is 0 Å². The molecule has 0 aromatic heterocycles. The van der Waals surface area contributed by atoms with Gasteiger partial charge in [-0.15, -0.1) is 0 Å². The highest BCUT2D eigenvalue weighted by atomic mass is 16.2. The van der Waals surface area contributed by atoms with Crippen molar-refractivity contribution in [2.24, 2.45) is 0 Å². The molecule has 10 heteroatoms. The molecule has 0 heterocycles. The largest absolute Gasteiger partial charge is 0.343 e. The average molecular weight is 428 g/mol. The second kappa shape index (κ2) is 11.6. The summed E-state index contributed by atoms with van der Waals surface area (Å²) in [6, 6.07) is -3.57. The molecule has 0 aliphatic rings. The highest BCUT2D eigenvalue weighted by molar-refractivity contribution is 5.95. The fourth-order valence-corrected chi connectivity index (χ4v) is 2.47. The van der Waals surface area contributed by atoms with Crippen molar-refractivity contribution in [1.82, 2.24) is 25.3 Å². The van der Waals surface area contributed by atoms with E-state index in [-0.39, 0.29) is 11.7 Å². The van der Waals surface area contributed by atoms with Crippen LogP contribution >= 0.6 is 0 Å². The molecular weight excluding hydrogens is 390 g/mol. The monoisotopic (exact) mass is 427 g/mol. The minimum Gasteiger partial charge on any atom is -0.343 e. The number of ketones is 1. The normalized spacial score (nSPS) is 16.0. The molecule has 0 rings (SSSR count). The van der Waals surface area contributed by atoms with E-state index < -0.39 is 47.9 Å². The third-order valence-electron chi connectivity index (χ3n) is 5.44. The highest BCUT2D eigenvalue weighted by Gasteiger charge is 2.31. The van der Waals surface area contributed by atoms with Crippen LogP contribution in [0.4, 0.5) is 0 Å². The molecule has 30 heavy (non-hydrogen) atoms. The number of nitrogens with one attached hydrogen (secondary N) is 2. The van der Waals surface area contributed by atoms with Crippen LogP contribution in [0.3, 0.4) is 0 Å². The van der Waals surface area contributed by atoms with Crippen LogP contribution in [-0.4, -0.2) is 103 Å². The van der Waals surface area contributed by atoms with E-state index in [0.717, 1.165) is 0 Å². The quantitative estimate of drug-likeness (QED) is 0.473. The maximum absolute atomic E-state index is 12.6. The number of rotatable bonds is 10. The summed E-state index contributed by atoms with van der Waals surface area (Å²) in [5.74, 6) is -1.82. The second-order valence-electron chi connectivity index (χ2n) is 7.96. The van der Waals surface area contributed by atoms with Gasteiger partial charge in [0.25, 0.3) is 0 Å². The first-order valence-corrected chi connectivity index (χ1v) is 9.94. The lowest BCUT2D eigenvalue weighted by Gasteiger charge is -2.30. The number of hydrogen-bond donors (Lipinski definition) is 2. The van der Waals surface area contributed by atoms with Crippen LogP contribution in [0.5, 0.6) is 0 Å². The molecule has 0 aliphatic heterocycles. The van der Waals surface area contributed by atoms with Gasteiger partial charge in [0.15, 0.2) is 5.78 Å². The predicted octanol–water partition coefficient (Wildman–Crippen LogP) is -0.771. The minimum atomic E-state index is -0.867. The maximum Gasteiger partial charge on any atom is 0.245 e. The van der Waals surface area contributed by atoms with E-state index in [1.807, 2.05) is 0 Å². The van der Waals surface area contributed by atoms with Gasteiger partial charge in [0.05, 0.1) is 12.1 Å². The van der Waals surface area contributed by atoms with Gasteiger partial charge in [0.2, 0.25) is 23.6 Å². The Bertz CT molecular complexity index is 666. The molecule has 5 atom stereocenters. The van der Waals surface area contributed by atoms with Crippen LogP contribution < -0.4 is 10.6 Å². The minimum absolute atomic E-state index is 0.164. The van der Waals surface area contributed by atoms with E-state index in [2.05, 4.69) is 10.6 Å². The number of likely N-dealkylation sites (N-methyl/N-ethyl adjacent to an activating group) is 3. The van der Waals surface area contributed by atoms with Crippen molar-refractivity contribution < 1.29 is 24.0 Å². The zero-order valence-corrected chi connectivity index (χ0v) is 19.8. The van der Waals surface area contributed by atoms with Gasteiger partial charge in [-0.25, -0.2) is 0 Å². The van der Waals surface area contributed by atoms with E-state index in [1.165, 1.54) is 44.7 Å². The summed E-state index contributed by atoms with van der Waals surface area (Å²) in [4.78, 5) is 65.4. The maximum atomic E-state index is 12.6. The number of nitrogens with zero attached hydrogens (tertiary/aromatic N) is 3. The lowest BCUT2D eigenvalue weighted by Crippen LogP contribution is -2.56. The van der Waals surface area contributed by atoms with Crippen LogP contribution in [0.1, 0.15) is 41.5 Å². The Hall–Kier alpha value is -2.49. The van der Waals surface area contributed by atoms with Crippen molar-refractivity contribution in [1.29, 1.82) is 0 Å². The standard InChI is InChI=1S/C20H37N5O5/c1-11(19(29)24(9)13(3)16(6)26)22-18(28)15(5)25(10)20(30)12(2)21-17(27)14(4)23(7)8/h11-15H,1-10H3,(H,21,27)(H,22,28). The molecule has 0 radical (unpaired) electrons. The van der Waals surface area contributed by atoms with E-state index in [9.17, 15) is 24.0 Å². The number of hydrogen-bond acceptors (Lipinski definition) is 6. The van der Waals surface area contributed by atoms with Crippen molar-refractivity contribution >= 4 is 29.4 Å². The van der Waals surface area contributed by atoms with Gasteiger partial charge in [-0.2, -0.15) is 0 Å². The van der Waals surface area contributed by atoms with Gasteiger partial charge in [0, 0.05) is 14.1 Å². The third kappa shape index (κ3) is 7.40. The molecule has 5 unspecified atom stereocenters. The highest BCUT2D eigenvalue weighted by Crippen LogP contribution is 2.04. The van der Waals surface area contributed by atoms with Crippen molar-refractivity contribution in [3.8, 4) is 0 Å². The van der Waals surface area contributed by atoms with Crippen LogP contribution in [0.25, 0.3) is 0 Å². The number of amides is 4. The Morgan fingerprint density at radius 2 is 0.933 bits per heavy atom. The second-order valence-corrected chi connectivity index (χ2v) is 7.96. The number of Topliss-reactive ketones (excluding diaryl/α,β-unsaturated/α-hetero) is 1. The summed E-state index contributed by atoms with van der Waals surface area (Å²) in [7, 11) is 6.47. The Morgan fingerprint density at radius 1 is 0.600 bits per heavy atom. The zero-order chi connectivity index (χ0) is 23.9. The van der Waals surface area contributed by atoms with Gasteiger partial charge in [-0.1, -0.05) is 0 Å². The van der Waals surface area contributed by atoms with E-state index in [4.69, 9.17) is 0 Å². The fourth-order valence-electron chi connectivity index (χ4n) is 2.47. The molecule has 0 aromatic rings. The molecule has 0 fully saturated rings. The smallest absolute Gasteiger partial charge is 0.245 e. The van der Waals surface area contributed by atoms with Crippen LogP contribution in [0.2, 0.25) is 0 Å². The summed E-state index contributed by atoms with van der Waals surface area (Å²) < 4.78 is 0. The van der Waals surface area contributed by atoms with Gasteiger partial charge in [-0.3, -0.25) is 28.9 Å². The SMILES string of the molecule is CC(=O)C(C)N(C)C(=O)C(C)NC(=O)C(C)N(C)C(=O)C(C)NC(=O)C(C)N(C)C. The van der Waals surface area contributed by atoms with Crippen molar-refractivity contribution in [3.05, 3.63) is 0 Å². The molecule has 172 valence electrons. The Morgan fingerprint density at radius 3 is 1.27 bits per heavy atom. The molecule has 2 N–H and O–H groups in total. The third-order valence-corrected chi connectivity index (χ3v) is 5.44. The lowest BCUT2D eigenvalue weighted by molar-refractivity contribution is -0.143. The van der Waals surface area contributed by atoms with Gasteiger partial charge in [0.1, 0.15) is 18.1 Å². The molecule has 0 spiro atoms. The predicted molar refractivity (Wildman–Crippen MR) is 114 cm³/mol. The van der Waals surface area contributed by atoms with Crippen LogP contribution in [0, 0.1) is 0 Å². The molecule has 0 aromatic carbocycles. The first-order valence-electron chi connectivity index (χ1n) is 9.94. The van der Waals surface area contributed by atoms with Gasteiger partial charge in [-0.05, 0) is 55.6 Å². The van der Waals surface area contributed by atoms with Gasteiger partial charge >= 0.3 is 0 Å². The Kier molecular flexibility index (Phi) is 10.7. The first kappa shape index (κ1) is 27.5. The molecule has 0 saturated heterocycles. The van der Waals surface area contributed by atoms with Crippen LogP contribution in [0.15, 0.2) is 0 Å². The summed E-state index contributed by atoms with van der Waals surface area (Å²) in [6.45, 7) is 9.31.